The zero-order chi connectivity index (χ0) is 12.6. The van der Waals surface area contributed by atoms with Crippen LogP contribution in [0.2, 0.25) is 0 Å². The van der Waals surface area contributed by atoms with E-state index in [9.17, 15) is 8.42 Å². The van der Waals surface area contributed by atoms with Crippen LogP contribution in [-0.4, -0.2) is 30.0 Å². The van der Waals surface area contributed by atoms with Gasteiger partial charge in [-0.15, -0.1) is 0 Å². The molecular weight excluding hydrogens is 228 g/mol. The second-order valence-corrected chi connectivity index (χ2v) is 6.10. The first-order chi connectivity index (χ1) is 7.15. The Hall–Kier alpha value is -0.920. The molecule has 1 unspecified atom stereocenters. The third-order valence-electron chi connectivity index (χ3n) is 2.50. The molecule has 0 saturated heterocycles. The van der Waals surface area contributed by atoms with Crippen LogP contribution in [0.15, 0.2) is 11.2 Å². The summed E-state index contributed by atoms with van der Waals surface area (Å²) >= 11 is 0. The Kier molecular flexibility index (Phi) is 3.41. The predicted molar refractivity (Wildman–Crippen MR) is 61.4 cm³/mol. The molecular formula is C9H18N4O2S. The molecule has 1 aromatic heterocycles. The molecule has 1 heterocycles. The summed E-state index contributed by atoms with van der Waals surface area (Å²) in [6.07, 6.45) is 1.29. The van der Waals surface area contributed by atoms with E-state index < -0.39 is 15.6 Å². The molecule has 0 spiro atoms. The van der Waals surface area contributed by atoms with Crippen molar-refractivity contribution in [3.05, 3.63) is 12.0 Å². The van der Waals surface area contributed by atoms with E-state index in [2.05, 4.69) is 14.7 Å². The Balaban J connectivity index is 2.97. The van der Waals surface area contributed by atoms with Crippen molar-refractivity contribution in [3.8, 4) is 0 Å². The Morgan fingerprint density at radius 3 is 2.50 bits per heavy atom. The number of hydrogen-bond acceptors (Lipinski definition) is 4. The molecule has 0 aliphatic carbocycles. The summed E-state index contributed by atoms with van der Waals surface area (Å²) in [5.41, 5.74) is 5.00. The minimum atomic E-state index is -3.59. The lowest BCUT2D eigenvalue weighted by Gasteiger charge is -2.29. The summed E-state index contributed by atoms with van der Waals surface area (Å²) in [6.45, 7) is 6.91. The molecule has 4 N–H and O–H groups in total. The summed E-state index contributed by atoms with van der Waals surface area (Å²) in [5, 5.41) is 0.0544. The van der Waals surface area contributed by atoms with Crippen molar-refractivity contribution < 1.29 is 8.42 Å². The van der Waals surface area contributed by atoms with Crippen LogP contribution in [0.25, 0.3) is 0 Å². The van der Waals surface area contributed by atoms with Crippen molar-refractivity contribution >= 4 is 10.0 Å². The molecule has 0 aliphatic heterocycles. The van der Waals surface area contributed by atoms with Gasteiger partial charge in [0.05, 0.1) is 6.20 Å². The van der Waals surface area contributed by atoms with Crippen LogP contribution in [0.3, 0.4) is 0 Å². The predicted octanol–water partition coefficient (Wildman–Crippen LogP) is 0.122. The summed E-state index contributed by atoms with van der Waals surface area (Å²) in [7, 11) is -3.59. The van der Waals surface area contributed by atoms with Crippen LogP contribution in [0, 0.1) is 6.92 Å². The zero-order valence-corrected chi connectivity index (χ0v) is 10.7. The quantitative estimate of drug-likeness (QED) is 0.702. The number of H-pyrrole nitrogens is 1. The SMILES string of the molecule is Cc1ncc(S(=O)(=O)NC(C)(C)C(C)N)[nH]1. The van der Waals surface area contributed by atoms with Gasteiger partial charge in [0.2, 0.25) is 0 Å². The number of sulfonamides is 1. The molecule has 1 aromatic rings. The zero-order valence-electron chi connectivity index (χ0n) is 9.90. The van der Waals surface area contributed by atoms with Crippen molar-refractivity contribution in [1.82, 2.24) is 14.7 Å². The average Bonchev–Trinajstić information content (AvgIpc) is 2.50. The van der Waals surface area contributed by atoms with E-state index in [1.165, 1.54) is 6.20 Å². The van der Waals surface area contributed by atoms with Gasteiger partial charge in [0.1, 0.15) is 5.82 Å². The highest BCUT2D eigenvalue weighted by Crippen LogP contribution is 2.13. The Morgan fingerprint density at radius 1 is 1.56 bits per heavy atom. The average molecular weight is 246 g/mol. The van der Waals surface area contributed by atoms with Crippen molar-refractivity contribution in [3.63, 3.8) is 0 Å². The first-order valence-electron chi connectivity index (χ1n) is 4.96. The van der Waals surface area contributed by atoms with Crippen LogP contribution >= 0.6 is 0 Å². The minimum absolute atomic E-state index is 0.0544. The summed E-state index contributed by atoms with van der Waals surface area (Å²) in [4.78, 5) is 6.53. The van der Waals surface area contributed by atoms with Gasteiger partial charge in [-0.2, -0.15) is 0 Å². The van der Waals surface area contributed by atoms with Gasteiger partial charge >= 0.3 is 0 Å². The lowest BCUT2D eigenvalue weighted by molar-refractivity contribution is 0.387. The van der Waals surface area contributed by atoms with Gasteiger partial charge in [0, 0.05) is 11.6 Å². The van der Waals surface area contributed by atoms with E-state index in [4.69, 9.17) is 5.73 Å². The third kappa shape index (κ3) is 2.81. The number of hydrogen-bond donors (Lipinski definition) is 3. The maximum absolute atomic E-state index is 11.9. The Labute approximate surface area is 95.7 Å². The van der Waals surface area contributed by atoms with Crippen molar-refractivity contribution in [2.24, 2.45) is 5.73 Å². The first-order valence-corrected chi connectivity index (χ1v) is 6.44. The number of aromatic nitrogens is 2. The number of imidazole rings is 1. The molecule has 0 amide bonds. The van der Waals surface area contributed by atoms with Gasteiger partial charge in [-0.1, -0.05) is 0 Å². The Morgan fingerprint density at radius 2 is 2.12 bits per heavy atom. The summed E-state index contributed by atoms with van der Waals surface area (Å²) in [5.74, 6) is 0.555. The highest BCUT2D eigenvalue weighted by atomic mass is 32.2. The van der Waals surface area contributed by atoms with E-state index in [0.717, 1.165) is 0 Å². The van der Waals surface area contributed by atoms with Gasteiger partial charge in [-0.05, 0) is 27.7 Å². The summed E-state index contributed by atoms with van der Waals surface area (Å²) < 4.78 is 26.4. The maximum atomic E-state index is 11.9. The van der Waals surface area contributed by atoms with Crippen LogP contribution in [-0.2, 0) is 10.0 Å². The molecule has 16 heavy (non-hydrogen) atoms. The fourth-order valence-electron chi connectivity index (χ4n) is 1.03. The molecule has 0 aromatic carbocycles. The molecule has 0 saturated carbocycles. The van der Waals surface area contributed by atoms with Gasteiger partial charge in [0.25, 0.3) is 10.0 Å². The first kappa shape index (κ1) is 13.1. The molecule has 6 nitrogen and oxygen atoms in total. The van der Waals surface area contributed by atoms with Gasteiger partial charge in [0.15, 0.2) is 5.03 Å². The smallest absolute Gasteiger partial charge is 0.258 e. The highest BCUT2D eigenvalue weighted by molar-refractivity contribution is 7.89. The maximum Gasteiger partial charge on any atom is 0.258 e. The fraction of sp³-hybridized carbons (Fsp3) is 0.667. The van der Waals surface area contributed by atoms with Crippen molar-refractivity contribution in [2.75, 3.05) is 0 Å². The largest absolute Gasteiger partial charge is 0.332 e. The Bertz CT molecular complexity index is 462. The van der Waals surface area contributed by atoms with Crippen molar-refractivity contribution in [1.29, 1.82) is 0 Å². The van der Waals surface area contributed by atoms with E-state index in [1.807, 2.05) is 0 Å². The molecule has 1 rings (SSSR count). The van der Waals surface area contributed by atoms with Gasteiger partial charge < -0.3 is 10.7 Å². The molecule has 0 bridgehead atoms. The molecule has 92 valence electrons. The monoisotopic (exact) mass is 246 g/mol. The summed E-state index contributed by atoms with van der Waals surface area (Å²) in [6, 6.07) is -0.300. The fourth-order valence-corrected chi connectivity index (χ4v) is 2.49. The van der Waals surface area contributed by atoms with E-state index in [0.29, 0.717) is 5.82 Å². The topological polar surface area (TPSA) is 101 Å². The molecule has 0 aliphatic rings. The number of aryl methyl sites for hydroxylation is 1. The second-order valence-electron chi connectivity index (χ2n) is 4.45. The lowest BCUT2D eigenvalue weighted by Crippen LogP contribution is -2.54. The third-order valence-corrected chi connectivity index (χ3v) is 4.09. The van der Waals surface area contributed by atoms with Crippen LogP contribution in [0.4, 0.5) is 0 Å². The molecule has 0 radical (unpaired) electrons. The van der Waals surface area contributed by atoms with E-state index in [1.54, 1.807) is 27.7 Å². The minimum Gasteiger partial charge on any atom is -0.332 e. The normalized spacial score (nSPS) is 15.1. The van der Waals surface area contributed by atoms with Crippen LogP contribution < -0.4 is 10.5 Å². The van der Waals surface area contributed by atoms with Crippen molar-refractivity contribution in [2.45, 2.75) is 44.3 Å². The highest BCUT2D eigenvalue weighted by Gasteiger charge is 2.30. The van der Waals surface area contributed by atoms with Gasteiger partial charge in [-0.3, -0.25) is 0 Å². The number of nitrogens with two attached hydrogens (primary N) is 1. The molecule has 1 atom stereocenters. The number of rotatable bonds is 4. The van der Waals surface area contributed by atoms with Crippen LogP contribution in [0.1, 0.15) is 26.6 Å². The second kappa shape index (κ2) is 4.15. The molecule has 7 heteroatoms. The van der Waals surface area contributed by atoms with E-state index >= 15 is 0 Å². The lowest BCUT2D eigenvalue weighted by atomic mass is 9.99. The number of nitrogens with one attached hydrogen (secondary N) is 2. The standard InChI is InChI=1S/C9H18N4O2S/c1-6(10)9(3,4)13-16(14,15)8-5-11-7(2)12-8/h5-6,13H,10H2,1-4H3,(H,11,12). The van der Waals surface area contributed by atoms with Crippen LogP contribution in [0.5, 0.6) is 0 Å². The molecule has 0 fully saturated rings. The van der Waals surface area contributed by atoms with Gasteiger partial charge in [-0.25, -0.2) is 18.1 Å². The number of nitrogens with zero attached hydrogens (tertiary/aromatic N) is 1. The number of aromatic amines is 1. The van der Waals surface area contributed by atoms with E-state index in [-0.39, 0.29) is 11.1 Å².